The highest BCUT2D eigenvalue weighted by atomic mass is 19.3. The molecule has 0 aromatic heterocycles. The van der Waals surface area contributed by atoms with Crippen LogP contribution in [-0.2, 0) is 5.92 Å². The summed E-state index contributed by atoms with van der Waals surface area (Å²) in [5, 5.41) is 0. The van der Waals surface area contributed by atoms with E-state index in [0.717, 1.165) is 5.56 Å². The standard InChI is InChI=1S/C12H17F2N/c1-3-8-12(13,14)11-6-4-10(5-7-11)9(2)15/h4-7,9H,3,8,15H2,1-2H3. The van der Waals surface area contributed by atoms with Gasteiger partial charge in [0.1, 0.15) is 0 Å². The fraction of sp³-hybridized carbons (Fsp3) is 0.500. The summed E-state index contributed by atoms with van der Waals surface area (Å²) in [5.74, 6) is -2.72. The highest BCUT2D eigenvalue weighted by molar-refractivity contribution is 5.27. The van der Waals surface area contributed by atoms with E-state index >= 15 is 0 Å². The van der Waals surface area contributed by atoms with Gasteiger partial charge in [-0.1, -0.05) is 37.6 Å². The van der Waals surface area contributed by atoms with Crippen molar-refractivity contribution in [1.82, 2.24) is 0 Å². The highest BCUT2D eigenvalue weighted by Gasteiger charge is 2.29. The predicted molar refractivity (Wildman–Crippen MR) is 57.8 cm³/mol. The second kappa shape index (κ2) is 4.71. The first-order valence-electron chi connectivity index (χ1n) is 5.21. The van der Waals surface area contributed by atoms with Crippen LogP contribution in [0.2, 0.25) is 0 Å². The van der Waals surface area contributed by atoms with Gasteiger partial charge in [0, 0.05) is 18.0 Å². The van der Waals surface area contributed by atoms with Crippen molar-refractivity contribution in [3.8, 4) is 0 Å². The molecule has 2 N–H and O–H groups in total. The molecule has 0 saturated carbocycles. The Morgan fingerprint density at radius 1 is 1.27 bits per heavy atom. The number of hydrogen-bond acceptors (Lipinski definition) is 1. The van der Waals surface area contributed by atoms with Gasteiger partial charge in [0.2, 0.25) is 0 Å². The van der Waals surface area contributed by atoms with Crippen LogP contribution in [0.1, 0.15) is 43.9 Å². The molecule has 0 aliphatic carbocycles. The Kier molecular flexibility index (Phi) is 3.80. The quantitative estimate of drug-likeness (QED) is 0.812. The molecule has 84 valence electrons. The molecule has 0 spiro atoms. The van der Waals surface area contributed by atoms with Gasteiger partial charge in [-0.3, -0.25) is 0 Å². The molecule has 1 unspecified atom stereocenters. The summed E-state index contributed by atoms with van der Waals surface area (Å²) >= 11 is 0. The average molecular weight is 213 g/mol. The van der Waals surface area contributed by atoms with Gasteiger partial charge < -0.3 is 5.73 Å². The molecule has 0 amide bonds. The van der Waals surface area contributed by atoms with E-state index in [4.69, 9.17) is 5.73 Å². The van der Waals surface area contributed by atoms with Gasteiger partial charge in [-0.2, -0.15) is 0 Å². The van der Waals surface area contributed by atoms with E-state index in [9.17, 15) is 8.78 Å². The smallest absolute Gasteiger partial charge is 0.273 e. The fourth-order valence-corrected chi connectivity index (χ4v) is 1.49. The number of halogens is 2. The maximum atomic E-state index is 13.5. The Morgan fingerprint density at radius 2 is 1.80 bits per heavy atom. The van der Waals surface area contributed by atoms with Crippen molar-refractivity contribution in [1.29, 1.82) is 0 Å². The summed E-state index contributed by atoms with van der Waals surface area (Å²) in [7, 11) is 0. The van der Waals surface area contributed by atoms with Crippen LogP contribution in [0, 0.1) is 0 Å². The first-order valence-corrected chi connectivity index (χ1v) is 5.21. The molecule has 0 aliphatic rings. The minimum absolute atomic E-state index is 0.0775. The molecule has 0 aliphatic heterocycles. The van der Waals surface area contributed by atoms with Gasteiger partial charge in [-0.25, -0.2) is 8.78 Å². The third-order valence-corrected chi connectivity index (χ3v) is 2.42. The largest absolute Gasteiger partial charge is 0.324 e. The predicted octanol–water partition coefficient (Wildman–Crippen LogP) is 3.60. The van der Waals surface area contributed by atoms with Crippen LogP contribution in [0.25, 0.3) is 0 Å². The molecule has 0 heterocycles. The number of hydrogen-bond donors (Lipinski definition) is 1. The molecule has 15 heavy (non-hydrogen) atoms. The fourth-order valence-electron chi connectivity index (χ4n) is 1.49. The van der Waals surface area contributed by atoms with Crippen molar-refractivity contribution >= 4 is 0 Å². The summed E-state index contributed by atoms with van der Waals surface area (Å²) in [4.78, 5) is 0. The lowest BCUT2D eigenvalue weighted by Gasteiger charge is -2.16. The third kappa shape index (κ3) is 2.99. The maximum absolute atomic E-state index is 13.5. The van der Waals surface area contributed by atoms with Crippen molar-refractivity contribution in [2.75, 3.05) is 0 Å². The van der Waals surface area contributed by atoms with Gasteiger partial charge in [-0.15, -0.1) is 0 Å². The van der Waals surface area contributed by atoms with Crippen LogP contribution in [0.4, 0.5) is 8.78 Å². The summed E-state index contributed by atoms with van der Waals surface area (Å²) in [5.41, 5.74) is 6.60. The zero-order valence-electron chi connectivity index (χ0n) is 9.13. The molecule has 1 aromatic carbocycles. The van der Waals surface area contributed by atoms with Crippen LogP contribution in [0.5, 0.6) is 0 Å². The van der Waals surface area contributed by atoms with E-state index < -0.39 is 5.92 Å². The molecule has 0 bridgehead atoms. The molecule has 0 saturated heterocycles. The topological polar surface area (TPSA) is 26.0 Å². The molecule has 1 rings (SSSR count). The van der Waals surface area contributed by atoms with E-state index in [1.165, 1.54) is 12.1 Å². The second-order valence-corrected chi connectivity index (χ2v) is 3.87. The van der Waals surface area contributed by atoms with Crippen molar-refractivity contribution in [3.05, 3.63) is 35.4 Å². The molecular formula is C12H17F2N. The van der Waals surface area contributed by atoms with Gasteiger partial charge in [-0.05, 0) is 12.5 Å². The monoisotopic (exact) mass is 213 g/mol. The van der Waals surface area contributed by atoms with E-state index in [1.807, 2.05) is 6.92 Å². The van der Waals surface area contributed by atoms with Crippen LogP contribution in [-0.4, -0.2) is 0 Å². The van der Waals surface area contributed by atoms with Gasteiger partial charge in [0.05, 0.1) is 0 Å². The molecule has 1 atom stereocenters. The van der Waals surface area contributed by atoms with E-state index in [-0.39, 0.29) is 18.0 Å². The Hall–Kier alpha value is -0.960. The number of benzene rings is 1. The average Bonchev–Trinajstić information content (AvgIpc) is 2.18. The lowest BCUT2D eigenvalue weighted by molar-refractivity contribution is -0.0140. The minimum atomic E-state index is -2.72. The van der Waals surface area contributed by atoms with Crippen LogP contribution in [0.15, 0.2) is 24.3 Å². The van der Waals surface area contributed by atoms with Crippen LogP contribution >= 0.6 is 0 Å². The summed E-state index contributed by atoms with van der Waals surface area (Å²) in [6.45, 7) is 3.59. The molecule has 0 fully saturated rings. The Labute approximate surface area is 89.3 Å². The van der Waals surface area contributed by atoms with Gasteiger partial charge >= 0.3 is 0 Å². The number of rotatable bonds is 4. The molecular weight excluding hydrogens is 196 g/mol. The molecule has 1 aromatic rings. The Morgan fingerprint density at radius 3 is 2.20 bits per heavy atom. The Balaban J connectivity index is 2.88. The maximum Gasteiger partial charge on any atom is 0.273 e. The zero-order valence-corrected chi connectivity index (χ0v) is 9.13. The third-order valence-electron chi connectivity index (χ3n) is 2.42. The van der Waals surface area contributed by atoms with Crippen molar-refractivity contribution in [2.24, 2.45) is 5.73 Å². The first-order chi connectivity index (χ1) is 6.97. The second-order valence-electron chi connectivity index (χ2n) is 3.87. The normalized spacial score (nSPS) is 13.9. The van der Waals surface area contributed by atoms with Gasteiger partial charge in [0.15, 0.2) is 0 Å². The summed E-state index contributed by atoms with van der Waals surface area (Å²) in [6, 6.07) is 6.16. The lowest BCUT2D eigenvalue weighted by Crippen LogP contribution is -2.13. The summed E-state index contributed by atoms with van der Waals surface area (Å²) < 4.78 is 26.9. The van der Waals surface area contributed by atoms with E-state index in [1.54, 1.807) is 19.1 Å². The molecule has 3 heteroatoms. The van der Waals surface area contributed by atoms with Crippen molar-refractivity contribution in [2.45, 2.75) is 38.7 Å². The molecule has 1 nitrogen and oxygen atoms in total. The lowest BCUT2D eigenvalue weighted by atomic mass is 10.0. The number of nitrogens with two attached hydrogens (primary N) is 1. The van der Waals surface area contributed by atoms with E-state index in [0.29, 0.717) is 6.42 Å². The SMILES string of the molecule is CCCC(F)(F)c1ccc(C(C)N)cc1. The van der Waals surface area contributed by atoms with Crippen molar-refractivity contribution in [3.63, 3.8) is 0 Å². The van der Waals surface area contributed by atoms with Gasteiger partial charge in [0.25, 0.3) is 5.92 Å². The summed E-state index contributed by atoms with van der Waals surface area (Å²) in [6.07, 6.45) is 0.368. The van der Waals surface area contributed by atoms with Crippen molar-refractivity contribution < 1.29 is 8.78 Å². The molecule has 0 radical (unpaired) electrons. The van der Waals surface area contributed by atoms with E-state index in [2.05, 4.69) is 0 Å². The zero-order chi connectivity index (χ0) is 11.5. The highest BCUT2D eigenvalue weighted by Crippen LogP contribution is 2.33. The van der Waals surface area contributed by atoms with Crippen LogP contribution < -0.4 is 5.73 Å². The first kappa shape index (κ1) is 12.1. The minimum Gasteiger partial charge on any atom is -0.324 e. The Bertz CT molecular complexity index is 304. The van der Waals surface area contributed by atoms with Crippen LogP contribution in [0.3, 0.4) is 0 Å². The number of alkyl halides is 2.